The maximum absolute atomic E-state index is 13.3. The maximum Gasteiger partial charge on any atom is 0.153 e. The summed E-state index contributed by atoms with van der Waals surface area (Å²) < 4.78 is 18.7. The molecule has 3 nitrogen and oxygen atoms in total. The minimum absolute atomic E-state index is 0.0437. The van der Waals surface area contributed by atoms with Gasteiger partial charge >= 0.3 is 0 Å². The molecule has 0 aliphatic carbocycles. The zero-order valence-electron chi connectivity index (χ0n) is 9.36. The lowest BCUT2D eigenvalue weighted by atomic mass is 10.2. The lowest BCUT2D eigenvalue weighted by molar-refractivity contribution is 0.281. The molecule has 0 heterocycles. The summed E-state index contributed by atoms with van der Waals surface area (Å²) in [7, 11) is 0. The molecule has 0 aliphatic heterocycles. The molecular weight excluding hydrogens is 257 g/mol. The SMILES string of the molecule is Nc1cc(Cl)c(F)cc1Oc1ccc(CO)cc1. The van der Waals surface area contributed by atoms with Crippen LogP contribution in [0, 0.1) is 5.82 Å². The van der Waals surface area contributed by atoms with Gasteiger partial charge in [-0.05, 0) is 23.8 Å². The van der Waals surface area contributed by atoms with E-state index in [9.17, 15) is 4.39 Å². The van der Waals surface area contributed by atoms with Crippen LogP contribution in [0.4, 0.5) is 10.1 Å². The van der Waals surface area contributed by atoms with Crippen LogP contribution in [0.5, 0.6) is 11.5 Å². The van der Waals surface area contributed by atoms with Crippen molar-refractivity contribution in [1.29, 1.82) is 0 Å². The summed E-state index contributed by atoms with van der Waals surface area (Å²) in [4.78, 5) is 0. The standard InChI is InChI=1S/C13H11ClFNO2/c14-10-5-12(16)13(6-11(10)15)18-9-3-1-8(7-17)2-4-9/h1-6,17H,7,16H2. The van der Waals surface area contributed by atoms with Crippen molar-refractivity contribution in [2.75, 3.05) is 5.73 Å². The molecular formula is C13H11ClFNO2. The van der Waals surface area contributed by atoms with Crippen molar-refractivity contribution >= 4 is 17.3 Å². The number of rotatable bonds is 3. The van der Waals surface area contributed by atoms with Gasteiger partial charge in [-0.1, -0.05) is 23.7 Å². The molecule has 0 fully saturated rings. The molecule has 0 unspecified atom stereocenters. The molecule has 3 N–H and O–H groups in total. The van der Waals surface area contributed by atoms with Crippen molar-refractivity contribution in [3.8, 4) is 11.5 Å². The van der Waals surface area contributed by atoms with Crippen LogP contribution in [0.15, 0.2) is 36.4 Å². The molecule has 0 saturated carbocycles. The molecule has 0 atom stereocenters. The van der Waals surface area contributed by atoms with Gasteiger partial charge in [-0.15, -0.1) is 0 Å². The number of ether oxygens (including phenoxy) is 1. The number of nitrogens with two attached hydrogens (primary N) is 1. The predicted octanol–water partition coefficient (Wildman–Crippen LogP) is 3.35. The van der Waals surface area contributed by atoms with Gasteiger partial charge < -0.3 is 15.6 Å². The van der Waals surface area contributed by atoms with E-state index in [1.54, 1.807) is 24.3 Å². The van der Waals surface area contributed by atoms with Crippen molar-refractivity contribution in [1.82, 2.24) is 0 Å². The van der Waals surface area contributed by atoms with Crippen LogP contribution in [-0.2, 0) is 6.61 Å². The van der Waals surface area contributed by atoms with E-state index in [0.717, 1.165) is 11.6 Å². The third-order valence-corrected chi connectivity index (χ3v) is 2.68. The summed E-state index contributed by atoms with van der Waals surface area (Å²) in [5, 5.41) is 8.86. The van der Waals surface area contributed by atoms with Gasteiger partial charge in [0.15, 0.2) is 5.75 Å². The van der Waals surface area contributed by atoms with Crippen molar-refractivity contribution < 1.29 is 14.2 Å². The number of hydrogen-bond donors (Lipinski definition) is 2. The highest BCUT2D eigenvalue weighted by atomic mass is 35.5. The zero-order valence-corrected chi connectivity index (χ0v) is 10.1. The quantitative estimate of drug-likeness (QED) is 0.839. The Balaban J connectivity index is 2.25. The minimum Gasteiger partial charge on any atom is -0.455 e. The van der Waals surface area contributed by atoms with Crippen LogP contribution in [0.3, 0.4) is 0 Å². The molecule has 18 heavy (non-hydrogen) atoms. The number of nitrogen functional groups attached to an aromatic ring is 1. The molecule has 0 aromatic heterocycles. The van der Waals surface area contributed by atoms with E-state index in [4.69, 9.17) is 27.2 Å². The molecule has 2 aromatic rings. The van der Waals surface area contributed by atoms with E-state index < -0.39 is 5.82 Å². The van der Waals surface area contributed by atoms with Gasteiger partial charge in [-0.3, -0.25) is 0 Å². The van der Waals surface area contributed by atoms with Gasteiger partial charge in [0.05, 0.1) is 17.3 Å². The monoisotopic (exact) mass is 267 g/mol. The van der Waals surface area contributed by atoms with Gasteiger partial charge in [-0.2, -0.15) is 0 Å². The number of aliphatic hydroxyl groups is 1. The molecule has 0 bridgehead atoms. The first-order valence-electron chi connectivity index (χ1n) is 5.22. The second-order valence-electron chi connectivity index (χ2n) is 3.71. The van der Waals surface area contributed by atoms with Crippen LogP contribution in [-0.4, -0.2) is 5.11 Å². The summed E-state index contributed by atoms with van der Waals surface area (Å²) in [5.41, 5.74) is 6.70. The third kappa shape index (κ3) is 2.72. The van der Waals surface area contributed by atoms with E-state index in [1.165, 1.54) is 6.07 Å². The molecule has 0 spiro atoms. The van der Waals surface area contributed by atoms with E-state index in [-0.39, 0.29) is 23.1 Å². The van der Waals surface area contributed by atoms with E-state index >= 15 is 0 Å². The van der Waals surface area contributed by atoms with Crippen LogP contribution < -0.4 is 10.5 Å². The smallest absolute Gasteiger partial charge is 0.153 e. The van der Waals surface area contributed by atoms with Gasteiger partial charge in [0.1, 0.15) is 11.6 Å². The normalized spacial score (nSPS) is 10.4. The fraction of sp³-hybridized carbons (Fsp3) is 0.0769. The van der Waals surface area contributed by atoms with Crippen LogP contribution in [0.2, 0.25) is 5.02 Å². The number of aliphatic hydroxyl groups excluding tert-OH is 1. The van der Waals surface area contributed by atoms with Crippen LogP contribution in [0.25, 0.3) is 0 Å². The number of hydrogen-bond acceptors (Lipinski definition) is 3. The fourth-order valence-corrected chi connectivity index (χ4v) is 1.59. The summed E-state index contributed by atoms with van der Waals surface area (Å²) in [5.74, 6) is 0.113. The Kier molecular flexibility index (Phi) is 3.69. The van der Waals surface area contributed by atoms with Crippen molar-refractivity contribution in [3.05, 3.63) is 52.8 Å². The highest BCUT2D eigenvalue weighted by Crippen LogP contribution is 2.31. The fourth-order valence-electron chi connectivity index (χ4n) is 1.42. The molecule has 2 rings (SSSR count). The number of anilines is 1. The average molecular weight is 268 g/mol. The third-order valence-electron chi connectivity index (χ3n) is 2.39. The topological polar surface area (TPSA) is 55.5 Å². The summed E-state index contributed by atoms with van der Waals surface area (Å²) in [6, 6.07) is 9.18. The Bertz CT molecular complexity index is 558. The van der Waals surface area contributed by atoms with E-state index in [0.29, 0.717) is 5.75 Å². The first-order valence-corrected chi connectivity index (χ1v) is 5.60. The lowest BCUT2D eigenvalue weighted by Gasteiger charge is -2.09. The molecule has 0 aliphatic rings. The first kappa shape index (κ1) is 12.7. The highest BCUT2D eigenvalue weighted by molar-refractivity contribution is 6.31. The predicted molar refractivity (Wildman–Crippen MR) is 68.3 cm³/mol. The Morgan fingerprint density at radius 1 is 1.22 bits per heavy atom. The second kappa shape index (κ2) is 5.25. The molecule has 2 aromatic carbocycles. The number of halogens is 2. The molecule has 0 radical (unpaired) electrons. The molecule has 0 amide bonds. The summed E-state index contributed by atoms with van der Waals surface area (Å²) in [6.45, 7) is -0.0437. The van der Waals surface area contributed by atoms with E-state index in [2.05, 4.69) is 0 Å². The Morgan fingerprint density at radius 2 is 1.89 bits per heavy atom. The van der Waals surface area contributed by atoms with Crippen molar-refractivity contribution in [2.45, 2.75) is 6.61 Å². The second-order valence-corrected chi connectivity index (χ2v) is 4.12. The molecule has 94 valence electrons. The van der Waals surface area contributed by atoms with Crippen LogP contribution in [0.1, 0.15) is 5.56 Å². The van der Waals surface area contributed by atoms with E-state index in [1.807, 2.05) is 0 Å². The minimum atomic E-state index is -0.590. The lowest BCUT2D eigenvalue weighted by Crippen LogP contribution is -1.94. The Morgan fingerprint density at radius 3 is 2.50 bits per heavy atom. The average Bonchev–Trinajstić information content (AvgIpc) is 2.37. The maximum atomic E-state index is 13.3. The Labute approximate surface area is 109 Å². The van der Waals surface area contributed by atoms with Gasteiger partial charge in [0.2, 0.25) is 0 Å². The first-order chi connectivity index (χ1) is 8.60. The highest BCUT2D eigenvalue weighted by Gasteiger charge is 2.08. The Hall–Kier alpha value is -1.78. The largest absolute Gasteiger partial charge is 0.455 e. The van der Waals surface area contributed by atoms with Crippen molar-refractivity contribution in [3.63, 3.8) is 0 Å². The van der Waals surface area contributed by atoms with Gasteiger partial charge in [-0.25, -0.2) is 4.39 Å². The summed E-state index contributed by atoms with van der Waals surface area (Å²) >= 11 is 5.59. The molecule has 5 heteroatoms. The zero-order chi connectivity index (χ0) is 13.1. The molecule has 0 saturated heterocycles. The van der Waals surface area contributed by atoms with Crippen molar-refractivity contribution in [2.24, 2.45) is 0 Å². The van der Waals surface area contributed by atoms with Gasteiger partial charge in [0, 0.05) is 6.07 Å². The van der Waals surface area contributed by atoms with Crippen LogP contribution >= 0.6 is 11.6 Å². The van der Waals surface area contributed by atoms with Gasteiger partial charge in [0.25, 0.3) is 0 Å². The number of benzene rings is 2. The summed E-state index contributed by atoms with van der Waals surface area (Å²) in [6.07, 6.45) is 0.